The molecule has 9 heteroatoms. The molecule has 0 bridgehead atoms. The maximum absolute atomic E-state index is 15.5. The average Bonchev–Trinajstić information content (AvgIpc) is 2.87. The van der Waals surface area contributed by atoms with Gasteiger partial charge in [0.05, 0.1) is 24.3 Å². The Morgan fingerprint density at radius 2 is 1.46 bits per heavy atom. The zero-order chi connectivity index (χ0) is 27.9. The van der Waals surface area contributed by atoms with Crippen molar-refractivity contribution in [3.8, 4) is 23.0 Å². The first-order valence-corrected chi connectivity index (χ1v) is 12.2. The summed E-state index contributed by atoms with van der Waals surface area (Å²) < 4.78 is 108. The molecule has 0 aliphatic carbocycles. The van der Waals surface area contributed by atoms with Crippen molar-refractivity contribution in [3.05, 3.63) is 82.9 Å². The number of alkyl halides is 3. The lowest BCUT2D eigenvalue weighted by Crippen LogP contribution is -2.30. The fraction of sp³-hybridized carbons (Fsp3) is 0.267. The van der Waals surface area contributed by atoms with Crippen molar-refractivity contribution < 1.29 is 40.2 Å². The second kappa shape index (κ2) is 10.5. The molecular formula is C30H21F7O2. The molecule has 0 N–H and O–H groups in total. The second-order valence-electron chi connectivity index (χ2n) is 9.57. The molecule has 39 heavy (non-hydrogen) atoms. The fourth-order valence-electron chi connectivity index (χ4n) is 4.62. The van der Waals surface area contributed by atoms with E-state index in [1.54, 1.807) is 18.2 Å². The molecule has 1 heterocycles. The van der Waals surface area contributed by atoms with Crippen LogP contribution in [0.15, 0.2) is 48.5 Å². The standard InChI is InChI=1S/C30H21F7O2/c1-16-14-38-26(39-15-16)7-3-17-2-5-22-19(10-17)13-25(32)27(29(22)34)18-4-6-21-20(11-18)12-24(31)23(28(21)33)8-9-30(35,36)37/h2,4-6,10-13,16,26H,3,7,14-15H2,1H3. The quantitative estimate of drug-likeness (QED) is 0.190. The van der Waals surface area contributed by atoms with Crippen molar-refractivity contribution in [2.24, 2.45) is 5.92 Å². The molecular weight excluding hydrogens is 525 g/mol. The molecule has 1 saturated heterocycles. The Balaban J connectivity index is 1.47. The zero-order valence-electron chi connectivity index (χ0n) is 20.6. The van der Waals surface area contributed by atoms with Crippen LogP contribution in [0.3, 0.4) is 0 Å². The molecule has 202 valence electrons. The minimum atomic E-state index is -4.93. The summed E-state index contributed by atoms with van der Waals surface area (Å²) in [5.74, 6) is -1.69. The molecule has 1 aliphatic rings. The van der Waals surface area contributed by atoms with Gasteiger partial charge in [-0.25, -0.2) is 17.6 Å². The smallest absolute Gasteiger partial charge is 0.352 e. The first kappa shape index (κ1) is 27.0. The minimum absolute atomic E-state index is 0.0113. The van der Waals surface area contributed by atoms with E-state index in [4.69, 9.17) is 9.47 Å². The van der Waals surface area contributed by atoms with E-state index in [2.05, 4.69) is 0 Å². The summed E-state index contributed by atoms with van der Waals surface area (Å²) in [6.07, 6.45) is -4.09. The lowest BCUT2D eigenvalue weighted by atomic mass is 9.95. The van der Waals surface area contributed by atoms with Crippen LogP contribution in [0.25, 0.3) is 32.7 Å². The van der Waals surface area contributed by atoms with Crippen LogP contribution in [0.4, 0.5) is 30.7 Å². The molecule has 0 radical (unpaired) electrons. The molecule has 0 unspecified atom stereocenters. The third-order valence-electron chi connectivity index (χ3n) is 6.54. The summed E-state index contributed by atoms with van der Waals surface area (Å²) in [6.45, 7) is 3.26. The van der Waals surface area contributed by atoms with Crippen molar-refractivity contribution in [2.45, 2.75) is 32.2 Å². The number of aryl methyl sites for hydroxylation is 1. The molecule has 0 amide bonds. The Labute approximate surface area is 219 Å². The number of fused-ring (bicyclic) bond motifs is 2. The lowest BCUT2D eigenvalue weighted by molar-refractivity contribution is -0.199. The number of halogens is 7. The van der Waals surface area contributed by atoms with Crippen LogP contribution in [0.2, 0.25) is 0 Å². The predicted octanol–water partition coefficient (Wildman–Crippen LogP) is 8.07. The van der Waals surface area contributed by atoms with Crippen molar-refractivity contribution >= 4 is 21.5 Å². The van der Waals surface area contributed by atoms with Crippen LogP contribution in [-0.4, -0.2) is 25.7 Å². The highest BCUT2D eigenvalue weighted by Gasteiger charge is 2.24. The van der Waals surface area contributed by atoms with Crippen LogP contribution >= 0.6 is 0 Å². The van der Waals surface area contributed by atoms with Gasteiger partial charge >= 0.3 is 6.18 Å². The maximum atomic E-state index is 15.5. The number of ether oxygens (including phenoxy) is 2. The van der Waals surface area contributed by atoms with E-state index in [9.17, 15) is 22.0 Å². The van der Waals surface area contributed by atoms with E-state index in [-0.39, 0.29) is 28.0 Å². The van der Waals surface area contributed by atoms with Gasteiger partial charge in [-0.2, -0.15) is 13.2 Å². The van der Waals surface area contributed by atoms with E-state index < -0.39 is 40.6 Å². The molecule has 1 aliphatic heterocycles. The Kier molecular flexibility index (Phi) is 7.27. The zero-order valence-corrected chi connectivity index (χ0v) is 20.6. The van der Waals surface area contributed by atoms with Gasteiger partial charge in [-0.1, -0.05) is 43.2 Å². The highest BCUT2D eigenvalue weighted by atomic mass is 19.4. The molecule has 2 nitrogen and oxygen atoms in total. The summed E-state index contributed by atoms with van der Waals surface area (Å²) >= 11 is 0. The van der Waals surface area contributed by atoms with Crippen molar-refractivity contribution in [1.82, 2.24) is 0 Å². The average molecular weight is 546 g/mol. The van der Waals surface area contributed by atoms with Crippen LogP contribution in [-0.2, 0) is 15.9 Å². The predicted molar refractivity (Wildman–Crippen MR) is 133 cm³/mol. The van der Waals surface area contributed by atoms with Gasteiger partial charge in [0.2, 0.25) is 0 Å². The Morgan fingerprint density at radius 3 is 2.18 bits per heavy atom. The van der Waals surface area contributed by atoms with Crippen molar-refractivity contribution in [3.63, 3.8) is 0 Å². The van der Waals surface area contributed by atoms with Gasteiger partial charge in [-0.05, 0) is 46.5 Å². The SMILES string of the molecule is CC1COC(CCc2ccc3c(F)c(-c4ccc5c(F)c(C#CC(F)(F)F)c(F)cc5c4)c(F)cc3c2)OC1. The molecule has 0 saturated carbocycles. The van der Waals surface area contributed by atoms with Crippen LogP contribution in [0.1, 0.15) is 24.5 Å². The number of rotatable bonds is 4. The number of benzene rings is 4. The summed E-state index contributed by atoms with van der Waals surface area (Å²) in [7, 11) is 0. The first-order chi connectivity index (χ1) is 18.5. The summed E-state index contributed by atoms with van der Waals surface area (Å²) in [4.78, 5) is 0. The Bertz CT molecular complexity index is 1620. The van der Waals surface area contributed by atoms with Crippen LogP contribution in [0.5, 0.6) is 0 Å². The van der Waals surface area contributed by atoms with Crippen LogP contribution in [0, 0.1) is 41.0 Å². The number of hydrogen-bond donors (Lipinski definition) is 0. The van der Waals surface area contributed by atoms with E-state index in [0.29, 0.717) is 37.4 Å². The minimum Gasteiger partial charge on any atom is -0.352 e. The van der Waals surface area contributed by atoms with Gasteiger partial charge in [-0.15, -0.1) is 0 Å². The molecule has 0 atom stereocenters. The summed E-state index contributed by atoms with van der Waals surface area (Å²) in [5.41, 5.74) is -0.571. The fourth-order valence-corrected chi connectivity index (χ4v) is 4.62. The third-order valence-corrected chi connectivity index (χ3v) is 6.54. The molecule has 4 aromatic rings. The normalized spacial score (nSPS) is 17.8. The molecule has 4 aromatic carbocycles. The van der Waals surface area contributed by atoms with Crippen molar-refractivity contribution in [2.75, 3.05) is 13.2 Å². The lowest BCUT2D eigenvalue weighted by Gasteiger charge is -2.27. The van der Waals surface area contributed by atoms with Gasteiger partial charge in [0.1, 0.15) is 23.3 Å². The van der Waals surface area contributed by atoms with E-state index in [1.165, 1.54) is 24.1 Å². The maximum Gasteiger partial charge on any atom is 0.458 e. The number of hydrogen-bond acceptors (Lipinski definition) is 2. The van der Waals surface area contributed by atoms with Crippen LogP contribution < -0.4 is 0 Å². The first-order valence-electron chi connectivity index (χ1n) is 12.2. The topological polar surface area (TPSA) is 18.5 Å². The molecule has 5 rings (SSSR count). The van der Waals surface area contributed by atoms with E-state index >= 15 is 8.78 Å². The molecule has 1 fully saturated rings. The monoisotopic (exact) mass is 546 g/mol. The Hall–Kier alpha value is -3.61. The largest absolute Gasteiger partial charge is 0.458 e. The second-order valence-corrected chi connectivity index (χ2v) is 9.57. The summed E-state index contributed by atoms with van der Waals surface area (Å²) in [6, 6.07) is 10.4. The van der Waals surface area contributed by atoms with Gasteiger partial charge in [0.15, 0.2) is 6.29 Å². The highest BCUT2D eigenvalue weighted by Crippen LogP contribution is 2.35. The van der Waals surface area contributed by atoms with Gasteiger partial charge in [-0.3, -0.25) is 0 Å². The highest BCUT2D eigenvalue weighted by molar-refractivity contribution is 5.93. The Morgan fingerprint density at radius 1 is 0.821 bits per heavy atom. The van der Waals surface area contributed by atoms with Gasteiger partial charge < -0.3 is 9.47 Å². The van der Waals surface area contributed by atoms with E-state index in [0.717, 1.165) is 23.6 Å². The van der Waals surface area contributed by atoms with Gasteiger partial charge in [0, 0.05) is 29.0 Å². The van der Waals surface area contributed by atoms with Gasteiger partial charge in [0.25, 0.3) is 0 Å². The molecule has 0 spiro atoms. The van der Waals surface area contributed by atoms with Crippen molar-refractivity contribution in [1.29, 1.82) is 0 Å². The molecule has 0 aromatic heterocycles. The van der Waals surface area contributed by atoms with E-state index in [1.807, 2.05) is 6.92 Å². The summed E-state index contributed by atoms with van der Waals surface area (Å²) in [5, 5.41) is 0.176. The third kappa shape index (κ3) is 5.72.